The largest absolute Gasteiger partial charge is 0.461 e. The van der Waals surface area contributed by atoms with Gasteiger partial charge in [-0.25, -0.2) is 4.79 Å². The highest BCUT2D eigenvalue weighted by Gasteiger charge is 2.26. The Bertz CT molecular complexity index is 1060. The minimum absolute atomic E-state index is 0.0649. The van der Waals surface area contributed by atoms with Crippen LogP contribution < -0.4 is 22.1 Å². The van der Waals surface area contributed by atoms with Gasteiger partial charge in [0.15, 0.2) is 0 Å². The molecule has 1 heterocycles. The number of nitrogens with one attached hydrogen (secondary N) is 2. The van der Waals surface area contributed by atoms with Crippen molar-refractivity contribution in [2.45, 2.75) is 64.6 Å². The smallest absolute Gasteiger partial charge is 0.323 e. The maximum atomic E-state index is 12.7. The molecule has 0 radical (unpaired) electrons. The Hall–Kier alpha value is -3.17. The van der Waals surface area contributed by atoms with Crippen molar-refractivity contribution in [2.24, 2.45) is 17.4 Å². The average Bonchev–Trinajstić information content (AvgIpc) is 3.45. The van der Waals surface area contributed by atoms with Crippen LogP contribution in [0.25, 0.3) is 12.2 Å². The van der Waals surface area contributed by atoms with Gasteiger partial charge < -0.3 is 21.5 Å². The molecule has 9 heteroatoms. The van der Waals surface area contributed by atoms with E-state index in [4.69, 9.17) is 16.2 Å². The molecule has 0 saturated heterocycles. The fourth-order valence-corrected chi connectivity index (χ4v) is 5.00. The number of rotatable bonds is 11. The average molecular weight is 499 g/mol. The van der Waals surface area contributed by atoms with E-state index in [2.05, 4.69) is 24.5 Å². The lowest BCUT2D eigenvalue weighted by atomic mass is 10.0. The standard InChI is InChI=1S/C26H34N4O4S/c1-16(2)13-22(25(32)34-19-5-3-4-6-19)29-15-18-9-7-17(8-10-18)11-12-20-14-21(23(27)31)24(35-20)30-26(28)33/h7-12,14,16,19,22,29H,3-6,13,15H2,1-2H3,(H2,27,31)(H3,28,30,33)/t22-/m1/s1. The molecule has 2 aromatic rings. The Morgan fingerprint density at radius 2 is 1.80 bits per heavy atom. The summed E-state index contributed by atoms with van der Waals surface area (Å²) in [5.74, 6) is -0.409. The van der Waals surface area contributed by atoms with Crippen molar-refractivity contribution in [1.29, 1.82) is 0 Å². The van der Waals surface area contributed by atoms with E-state index < -0.39 is 11.9 Å². The van der Waals surface area contributed by atoms with Gasteiger partial charge in [0.2, 0.25) is 0 Å². The lowest BCUT2D eigenvalue weighted by molar-refractivity contribution is -0.151. The highest BCUT2D eigenvalue weighted by molar-refractivity contribution is 7.17. The molecule has 0 spiro atoms. The topological polar surface area (TPSA) is 137 Å². The first kappa shape index (κ1) is 26.4. The van der Waals surface area contributed by atoms with Crippen LogP contribution in [0.5, 0.6) is 0 Å². The Labute approximate surface area is 210 Å². The summed E-state index contributed by atoms with van der Waals surface area (Å²) in [6.07, 6.45) is 8.73. The van der Waals surface area contributed by atoms with Crippen LogP contribution in [0.2, 0.25) is 0 Å². The maximum Gasteiger partial charge on any atom is 0.323 e. The Morgan fingerprint density at radius 3 is 2.40 bits per heavy atom. The lowest BCUT2D eigenvalue weighted by Crippen LogP contribution is -2.40. The zero-order valence-corrected chi connectivity index (χ0v) is 21.0. The summed E-state index contributed by atoms with van der Waals surface area (Å²) < 4.78 is 5.73. The predicted octanol–water partition coefficient (Wildman–Crippen LogP) is 4.50. The molecule has 1 aliphatic rings. The molecule has 188 valence electrons. The molecule has 8 nitrogen and oxygen atoms in total. The molecular weight excluding hydrogens is 464 g/mol. The first-order valence-electron chi connectivity index (χ1n) is 11.9. The number of esters is 1. The molecule has 1 atom stereocenters. The summed E-state index contributed by atoms with van der Waals surface area (Å²) in [6, 6.07) is 8.51. The van der Waals surface area contributed by atoms with Gasteiger partial charge >= 0.3 is 12.0 Å². The number of hydrogen-bond donors (Lipinski definition) is 4. The van der Waals surface area contributed by atoms with Crippen LogP contribution in [0.15, 0.2) is 30.3 Å². The predicted molar refractivity (Wildman–Crippen MR) is 140 cm³/mol. The number of primary amides is 2. The van der Waals surface area contributed by atoms with Gasteiger partial charge in [0.05, 0.1) is 5.56 Å². The number of urea groups is 1. The van der Waals surface area contributed by atoms with Crippen LogP contribution in [-0.2, 0) is 16.1 Å². The second kappa shape index (κ2) is 12.5. The van der Waals surface area contributed by atoms with Gasteiger partial charge in [0.1, 0.15) is 17.1 Å². The molecule has 3 rings (SSSR count). The number of anilines is 1. The second-order valence-electron chi connectivity index (χ2n) is 9.23. The van der Waals surface area contributed by atoms with Crippen molar-refractivity contribution < 1.29 is 19.1 Å². The van der Waals surface area contributed by atoms with Crippen LogP contribution in [0.1, 0.15) is 72.3 Å². The molecular formula is C26H34N4O4S. The van der Waals surface area contributed by atoms with E-state index in [1.807, 2.05) is 36.4 Å². The van der Waals surface area contributed by atoms with Crippen LogP contribution in [0.3, 0.4) is 0 Å². The van der Waals surface area contributed by atoms with Crippen LogP contribution in [0.4, 0.5) is 9.80 Å². The van der Waals surface area contributed by atoms with Crippen molar-refractivity contribution in [3.8, 4) is 0 Å². The van der Waals surface area contributed by atoms with Gasteiger partial charge in [-0.05, 0) is 61.3 Å². The van der Waals surface area contributed by atoms with Gasteiger partial charge in [-0.1, -0.05) is 44.2 Å². The van der Waals surface area contributed by atoms with Gasteiger partial charge in [-0.15, -0.1) is 11.3 Å². The first-order chi connectivity index (χ1) is 16.7. The number of nitrogens with two attached hydrogens (primary N) is 2. The number of hydrogen-bond acceptors (Lipinski definition) is 6. The fourth-order valence-electron chi connectivity index (χ4n) is 4.03. The zero-order valence-electron chi connectivity index (χ0n) is 20.2. The quantitative estimate of drug-likeness (QED) is 0.338. The van der Waals surface area contributed by atoms with E-state index in [1.54, 1.807) is 6.07 Å². The van der Waals surface area contributed by atoms with Crippen LogP contribution >= 0.6 is 11.3 Å². The summed E-state index contributed by atoms with van der Waals surface area (Å²) in [7, 11) is 0. The van der Waals surface area contributed by atoms with E-state index in [-0.39, 0.29) is 23.7 Å². The molecule has 1 aliphatic carbocycles. The summed E-state index contributed by atoms with van der Waals surface area (Å²) in [4.78, 5) is 36.2. The first-order valence-corrected chi connectivity index (χ1v) is 12.7. The molecule has 6 N–H and O–H groups in total. The number of ether oxygens (including phenoxy) is 1. The van der Waals surface area contributed by atoms with Crippen molar-refractivity contribution in [1.82, 2.24) is 5.32 Å². The fraction of sp³-hybridized carbons (Fsp3) is 0.423. The third kappa shape index (κ3) is 8.22. The molecule has 3 amide bonds. The SMILES string of the molecule is CC(C)C[C@@H](NCc1ccc(C=Cc2cc(C(N)=O)c(NC(N)=O)s2)cc1)C(=O)OC1CCCC1. The van der Waals surface area contributed by atoms with Gasteiger partial charge in [0, 0.05) is 11.4 Å². The number of amides is 3. The van der Waals surface area contributed by atoms with E-state index in [0.717, 1.165) is 48.1 Å². The third-order valence-electron chi connectivity index (χ3n) is 5.80. The Morgan fingerprint density at radius 1 is 1.11 bits per heavy atom. The number of carbonyl (C=O) groups excluding carboxylic acids is 3. The summed E-state index contributed by atoms with van der Waals surface area (Å²) in [6.45, 7) is 4.77. The van der Waals surface area contributed by atoms with Crippen LogP contribution in [-0.4, -0.2) is 30.1 Å². The van der Waals surface area contributed by atoms with E-state index in [9.17, 15) is 14.4 Å². The minimum Gasteiger partial charge on any atom is -0.461 e. The monoisotopic (exact) mass is 498 g/mol. The van der Waals surface area contributed by atoms with Gasteiger partial charge in [0.25, 0.3) is 5.91 Å². The summed E-state index contributed by atoms with van der Waals surface area (Å²) in [5.41, 5.74) is 12.8. The molecule has 1 aromatic carbocycles. The van der Waals surface area contributed by atoms with Crippen molar-refractivity contribution in [3.63, 3.8) is 0 Å². The normalized spacial score (nSPS) is 14.9. The molecule has 0 bridgehead atoms. The van der Waals surface area contributed by atoms with Crippen LogP contribution in [0, 0.1) is 5.92 Å². The second-order valence-corrected chi connectivity index (χ2v) is 10.3. The summed E-state index contributed by atoms with van der Waals surface area (Å²) in [5, 5.41) is 6.13. The Kier molecular flexibility index (Phi) is 9.45. The van der Waals surface area contributed by atoms with E-state index >= 15 is 0 Å². The number of benzene rings is 1. The van der Waals surface area contributed by atoms with E-state index in [1.165, 1.54) is 11.3 Å². The highest BCUT2D eigenvalue weighted by atomic mass is 32.1. The Balaban J connectivity index is 1.59. The molecule has 1 aromatic heterocycles. The minimum atomic E-state index is -0.753. The lowest BCUT2D eigenvalue weighted by Gasteiger charge is -2.22. The third-order valence-corrected chi connectivity index (χ3v) is 6.82. The molecule has 0 aliphatic heterocycles. The molecule has 1 fully saturated rings. The summed E-state index contributed by atoms with van der Waals surface area (Å²) >= 11 is 1.22. The molecule has 0 unspecified atom stereocenters. The zero-order chi connectivity index (χ0) is 25.4. The number of thiophene rings is 1. The number of carbonyl (C=O) groups is 3. The highest BCUT2D eigenvalue weighted by Crippen LogP contribution is 2.29. The molecule has 1 saturated carbocycles. The van der Waals surface area contributed by atoms with Gasteiger partial charge in [-0.3, -0.25) is 14.9 Å². The van der Waals surface area contributed by atoms with Crippen molar-refractivity contribution in [2.75, 3.05) is 5.32 Å². The van der Waals surface area contributed by atoms with Crippen molar-refractivity contribution >= 4 is 46.4 Å². The van der Waals surface area contributed by atoms with Gasteiger partial charge in [-0.2, -0.15) is 0 Å². The van der Waals surface area contributed by atoms with Crippen molar-refractivity contribution in [3.05, 3.63) is 51.9 Å². The molecule has 35 heavy (non-hydrogen) atoms. The van der Waals surface area contributed by atoms with E-state index in [0.29, 0.717) is 17.5 Å². The maximum absolute atomic E-state index is 12.7.